The van der Waals surface area contributed by atoms with E-state index in [1.165, 1.54) is 19.3 Å². The molecule has 1 N–H and O–H groups in total. The van der Waals surface area contributed by atoms with Crippen molar-refractivity contribution in [1.82, 2.24) is 9.97 Å². The Morgan fingerprint density at radius 1 is 1.40 bits per heavy atom. The largest absolute Gasteiger partial charge is 0.368 e. The van der Waals surface area contributed by atoms with Gasteiger partial charge in [-0.15, -0.1) is 0 Å². The van der Waals surface area contributed by atoms with Gasteiger partial charge in [0, 0.05) is 12.7 Å². The molecule has 1 aliphatic carbocycles. The summed E-state index contributed by atoms with van der Waals surface area (Å²) in [5, 5.41) is 3.42. The predicted molar refractivity (Wildman–Crippen MR) is 62.0 cm³/mol. The number of anilines is 1. The Balaban J connectivity index is 2.01. The van der Waals surface area contributed by atoms with Gasteiger partial charge in [0.05, 0.1) is 11.4 Å². The fourth-order valence-electron chi connectivity index (χ4n) is 1.96. The Hall–Kier alpha value is -1.12. The van der Waals surface area contributed by atoms with Gasteiger partial charge in [0.25, 0.3) is 0 Å². The molecule has 15 heavy (non-hydrogen) atoms. The van der Waals surface area contributed by atoms with Crippen LogP contribution in [0, 0.1) is 19.3 Å². The summed E-state index contributed by atoms with van der Waals surface area (Å²) in [7, 11) is 0. The lowest BCUT2D eigenvalue weighted by molar-refractivity contribution is 0.179. The summed E-state index contributed by atoms with van der Waals surface area (Å²) >= 11 is 0. The second kappa shape index (κ2) is 3.80. The molecule has 0 bridgehead atoms. The van der Waals surface area contributed by atoms with E-state index in [-0.39, 0.29) is 0 Å². The van der Waals surface area contributed by atoms with Crippen LogP contribution < -0.4 is 5.32 Å². The molecule has 3 heteroatoms. The highest BCUT2D eigenvalue weighted by molar-refractivity contribution is 5.39. The van der Waals surface area contributed by atoms with Crippen LogP contribution in [0.3, 0.4) is 0 Å². The van der Waals surface area contributed by atoms with E-state index in [2.05, 4.69) is 22.2 Å². The van der Waals surface area contributed by atoms with Gasteiger partial charge >= 0.3 is 0 Å². The summed E-state index contributed by atoms with van der Waals surface area (Å²) in [6.07, 6.45) is 5.85. The average Bonchev–Trinajstić information content (AvgIpc) is 2.17. The second-order valence-electron chi connectivity index (χ2n) is 4.96. The zero-order chi connectivity index (χ0) is 10.9. The number of nitrogens with one attached hydrogen (secondary N) is 1. The van der Waals surface area contributed by atoms with Crippen molar-refractivity contribution in [3.8, 4) is 0 Å². The smallest absolute Gasteiger partial charge is 0.147 e. The van der Waals surface area contributed by atoms with Crippen LogP contribution in [0.15, 0.2) is 6.20 Å². The van der Waals surface area contributed by atoms with Crippen molar-refractivity contribution in [3.63, 3.8) is 0 Å². The van der Waals surface area contributed by atoms with Crippen molar-refractivity contribution in [2.75, 3.05) is 11.9 Å². The molecular formula is C12H19N3. The van der Waals surface area contributed by atoms with Gasteiger partial charge in [-0.1, -0.05) is 13.3 Å². The van der Waals surface area contributed by atoms with E-state index in [0.717, 1.165) is 23.8 Å². The van der Waals surface area contributed by atoms with Crippen molar-refractivity contribution < 1.29 is 0 Å². The van der Waals surface area contributed by atoms with E-state index in [1.54, 1.807) is 0 Å². The summed E-state index contributed by atoms with van der Waals surface area (Å²) in [5.41, 5.74) is 2.45. The minimum absolute atomic E-state index is 0.484. The van der Waals surface area contributed by atoms with Gasteiger partial charge in [-0.2, -0.15) is 0 Å². The maximum absolute atomic E-state index is 4.46. The Morgan fingerprint density at radius 3 is 2.73 bits per heavy atom. The summed E-state index contributed by atoms with van der Waals surface area (Å²) in [5.74, 6) is 0.947. The third kappa shape index (κ3) is 2.28. The average molecular weight is 205 g/mol. The number of rotatable bonds is 3. The van der Waals surface area contributed by atoms with Crippen LogP contribution in [0.5, 0.6) is 0 Å². The molecule has 0 radical (unpaired) electrons. The first-order valence-electron chi connectivity index (χ1n) is 5.63. The normalized spacial score (nSPS) is 18.3. The van der Waals surface area contributed by atoms with Crippen molar-refractivity contribution in [2.24, 2.45) is 5.41 Å². The highest BCUT2D eigenvalue weighted by Gasteiger charge is 2.31. The number of hydrogen-bond donors (Lipinski definition) is 1. The zero-order valence-corrected chi connectivity index (χ0v) is 9.80. The molecule has 3 nitrogen and oxygen atoms in total. The minimum Gasteiger partial charge on any atom is -0.368 e. The van der Waals surface area contributed by atoms with Crippen LogP contribution >= 0.6 is 0 Å². The SMILES string of the molecule is Cc1cnc(C)c(NCC2(C)CCC2)n1. The molecule has 0 aliphatic heterocycles. The Labute approximate surface area is 91.3 Å². The van der Waals surface area contributed by atoms with E-state index in [1.807, 2.05) is 20.0 Å². The molecule has 0 unspecified atom stereocenters. The third-order valence-electron chi connectivity index (χ3n) is 3.32. The Kier molecular flexibility index (Phi) is 2.63. The summed E-state index contributed by atoms with van der Waals surface area (Å²) in [6.45, 7) is 7.33. The summed E-state index contributed by atoms with van der Waals surface area (Å²) < 4.78 is 0. The Morgan fingerprint density at radius 2 is 2.13 bits per heavy atom. The van der Waals surface area contributed by atoms with E-state index in [0.29, 0.717) is 5.41 Å². The number of aromatic nitrogens is 2. The lowest BCUT2D eigenvalue weighted by Crippen LogP contribution is -2.33. The molecule has 0 amide bonds. The quantitative estimate of drug-likeness (QED) is 0.824. The number of aryl methyl sites for hydroxylation is 2. The fourth-order valence-corrected chi connectivity index (χ4v) is 1.96. The molecule has 1 fully saturated rings. The lowest BCUT2D eigenvalue weighted by Gasteiger charge is -2.38. The Bertz CT molecular complexity index is 356. The topological polar surface area (TPSA) is 37.8 Å². The highest BCUT2D eigenvalue weighted by Crippen LogP contribution is 2.40. The van der Waals surface area contributed by atoms with E-state index < -0.39 is 0 Å². The molecule has 1 aromatic heterocycles. The standard InChI is InChI=1S/C12H19N3/c1-9-7-13-10(2)11(15-9)14-8-12(3)5-4-6-12/h7H,4-6,8H2,1-3H3,(H,14,15). The molecule has 2 rings (SSSR count). The van der Waals surface area contributed by atoms with Gasteiger partial charge in [-0.3, -0.25) is 4.98 Å². The zero-order valence-electron chi connectivity index (χ0n) is 9.80. The van der Waals surface area contributed by atoms with Crippen molar-refractivity contribution in [2.45, 2.75) is 40.0 Å². The van der Waals surface area contributed by atoms with Crippen LogP contribution in [0.4, 0.5) is 5.82 Å². The van der Waals surface area contributed by atoms with Crippen molar-refractivity contribution in [1.29, 1.82) is 0 Å². The molecule has 1 saturated carbocycles. The second-order valence-corrected chi connectivity index (χ2v) is 4.96. The van der Waals surface area contributed by atoms with E-state index in [4.69, 9.17) is 0 Å². The van der Waals surface area contributed by atoms with Gasteiger partial charge < -0.3 is 5.32 Å². The van der Waals surface area contributed by atoms with Crippen molar-refractivity contribution >= 4 is 5.82 Å². The van der Waals surface area contributed by atoms with Crippen LogP contribution in [0.25, 0.3) is 0 Å². The molecule has 82 valence electrons. The van der Waals surface area contributed by atoms with Crippen LogP contribution in [-0.2, 0) is 0 Å². The molecule has 0 aromatic carbocycles. The molecular weight excluding hydrogens is 186 g/mol. The minimum atomic E-state index is 0.484. The predicted octanol–water partition coefficient (Wildman–Crippen LogP) is 2.70. The maximum atomic E-state index is 4.46. The van der Waals surface area contributed by atoms with Crippen molar-refractivity contribution in [3.05, 3.63) is 17.6 Å². The van der Waals surface area contributed by atoms with E-state index >= 15 is 0 Å². The van der Waals surface area contributed by atoms with Gasteiger partial charge in [-0.05, 0) is 32.1 Å². The molecule has 0 spiro atoms. The maximum Gasteiger partial charge on any atom is 0.147 e. The lowest BCUT2D eigenvalue weighted by atomic mass is 9.70. The summed E-state index contributed by atoms with van der Waals surface area (Å²) in [4.78, 5) is 8.76. The van der Waals surface area contributed by atoms with Crippen LogP contribution in [-0.4, -0.2) is 16.5 Å². The first-order chi connectivity index (χ1) is 7.09. The first-order valence-corrected chi connectivity index (χ1v) is 5.63. The fraction of sp³-hybridized carbons (Fsp3) is 0.667. The molecule has 0 saturated heterocycles. The number of nitrogens with zero attached hydrogens (tertiary/aromatic N) is 2. The molecule has 1 aliphatic rings. The summed E-state index contributed by atoms with van der Waals surface area (Å²) in [6, 6.07) is 0. The van der Waals surface area contributed by atoms with E-state index in [9.17, 15) is 0 Å². The molecule has 1 heterocycles. The van der Waals surface area contributed by atoms with Gasteiger partial charge in [0.2, 0.25) is 0 Å². The monoisotopic (exact) mass is 205 g/mol. The highest BCUT2D eigenvalue weighted by atomic mass is 15.0. The van der Waals surface area contributed by atoms with Gasteiger partial charge in [-0.25, -0.2) is 4.98 Å². The van der Waals surface area contributed by atoms with Crippen LogP contribution in [0.1, 0.15) is 37.6 Å². The van der Waals surface area contributed by atoms with Gasteiger partial charge in [0.15, 0.2) is 0 Å². The molecule has 0 atom stereocenters. The molecule has 1 aromatic rings. The third-order valence-corrected chi connectivity index (χ3v) is 3.32. The van der Waals surface area contributed by atoms with Crippen LogP contribution in [0.2, 0.25) is 0 Å². The van der Waals surface area contributed by atoms with Gasteiger partial charge in [0.1, 0.15) is 5.82 Å². The number of hydrogen-bond acceptors (Lipinski definition) is 3. The first kappa shape index (κ1) is 10.4.